The molecule has 0 aliphatic carbocycles. The predicted molar refractivity (Wildman–Crippen MR) is 138 cm³/mol. The SMILES string of the molecule is COc1cc(C=CC(=O)N2C3CC[C@H]2CN(Cc2ccc(F)cc2)C3)c(N2C(=O)N[C@H](C)C2=O)cc1Cl. The van der Waals surface area contributed by atoms with Gasteiger partial charge >= 0.3 is 6.03 Å². The molecule has 37 heavy (non-hydrogen) atoms. The molecule has 0 spiro atoms. The van der Waals surface area contributed by atoms with Gasteiger partial charge in [0, 0.05) is 43.4 Å². The van der Waals surface area contributed by atoms with Gasteiger partial charge in [-0.15, -0.1) is 0 Å². The fourth-order valence-electron chi connectivity index (χ4n) is 5.45. The van der Waals surface area contributed by atoms with Crippen LogP contribution in [0.5, 0.6) is 5.75 Å². The number of hydrogen-bond acceptors (Lipinski definition) is 5. The Hall–Kier alpha value is -3.43. The summed E-state index contributed by atoms with van der Waals surface area (Å²) in [6.07, 6.45) is 4.93. The lowest BCUT2D eigenvalue weighted by Gasteiger charge is -2.40. The van der Waals surface area contributed by atoms with Crippen molar-refractivity contribution in [2.24, 2.45) is 0 Å². The molecule has 3 heterocycles. The number of carbonyl (C=O) groups is 3. The average molecular weight is 527 g/mol. The van der Waals surface area contributed by atoms with Crippen molar-refractivity contribution < 1.29 is 23.5 Å². The molecule has 0 aromatic heterocycles. The van der Waals surface area contributed by atoms with Gasteiger partial charge in [0.25, 0.3) is 5.91 Å². The number of carbonyl (C=O) groups excluding carboxylic acids is 3. The molecular weight excluding hydrogens is 499 g/mol. The first kappa shape index (κ1) is 25.2. The monoisotopic (exact) mass is 526 g/mol. The minimum Gasteiger partial charge on any atom is -0.495 e. The Morgan fingerprint density at radius 1 is 1.16 bits per heavy atom. The molecule has 10 heteroatoms. The summed E-state index contributed by atoms with van der Waals surface area (Å²) in [7, 11) is 1.47. The highest BCUT2D eigenvalue weighted by molar-refractivity contribution is 6.33. The van der Waals surface area contributed by atoms with Crippen LogP contribution in [0.3, 0.4) is 0 Å². The Morgan fingerprint density at radius 2 is 1.84 bits per heavy atom. The van der Waals surface area contributed by atoms with E-state index in [0.29, 0.717) is 17.9 Å². The van der Waals surface area contributed by atoms with Crippen molar-refractivity contribution in [3.8, 4) is 5.75 Å². The maximum Gasteiger partial charge on any atom is 0.329 e. The number of fused-ring (bicyclic) bond motifs is 2. The largest absolute Gasteiger partial charge is 0.495 e. The second-order valence-electron chi connectivity index (χ2n) is 9.67. The predicted octanol–water partition coefficient (Wildman–Crippen LogP) is 3.82. The van der Waals surface area contributed by atoms with E-state index in [1.807, 2.05) is 4.90 Å². The van der Waals surface area contributed by atoms with Gasteiger partial charge in [0.2, 0.25) is 5.91 Å². The second kappa shape index (κ2) is 10.1. The van der Waals surface area contributed by atoms with Gasteiger partial charge in [-0.3, -0.25) is 14.5 Å². The summed E-state index contributed by atoms with van der Waals surface area (Å²) in [5, 5.41) is 2.84. The number of piperazine rings is 1. The summed E-state index contributed by atoms with van der Waals surface area (Å²) in [4.78, 5) is 43.7. The molecule has 0 radical (unpaired) electrons. The van der Waals surface area contributed by atoms with Crippen LogP contribution in [0.4, 0.5) is 14.9 Å². The van der Waals surface area contributed by atoms with E-state index in [1.54, 1.807) is 31.2 Å². The number of ether oxygens (including phenoxy) is 1. The Balaban J connectivity index is 1.34. The maximum atomic E-state index is 13.3. The molecule has 8 nitrogen and oxygen atoms in total. The topological polar surface area (TPSA) is 82.2 Å². The normalized spacial score (nSPS) is 23.7. The zero-order valence-corrected chi connectivity index (χ0v) is 21.4. The molecule has 1 N–H and O–H groups in total. The van der Waals surface area contributed by atoms with E-state index in [1.165, 1.54) is 31.4 Å². The first-order chi connectivity index (χ1) is 17.7. The molecule has 0 saturated carbocycles. The van der Waals surface area contributed by atoms with E-state index in [9.17, 15) is 18.8 Å². The lowest BCUT2D eigenvalue weighted by atomic mass is 10.1. The summed E-state index contributed by atoms with van der Waals surface area (Å²) in [6.45, 7) is 3.81. The Labute approximate surface area is 219 Å². The van der Waals surface area contributed by atoms with Crippen molar-refractivity contribution in [3.05, 3.63) is 64.4 Å². The molecule has 2 aromatic carbocycles. The van der Waals surface area contributed by atoms with Crippen molar-refractivity contribution in [1.29, 1.82) is 0 Å². The van der Waals surface area contributed by atoms with Crippen LogP contribution in [0.15, 0.2) is 42.5 Å². The van der Waals surface area contributed by atoms with Crippen LogP contribution < -0.4 is 15.0 Å². The highest BCUT2D eigenvalue weighted by Crippen LogP contribution is 2.36. The van der Waals surface area contributed by atoms with Gasteiger partial charge in [0.15, 0.2) is 0 Å². The van der Waals surface area contributed by atoms with Gasteiger partial charge in [-0.2, -0.15) is 0 Å². The summed E-state index contributed by atoms with van der Waals surface area (Å²) in [6, 6.07) is 8.60. The number of imide groups is 1. The number of likely N-dealkylation sites (tertiary alicyclic amines) is 1. The van der Waals surface area contributed by atoms with E-state index in [4.69, 9.17) is 16.3 Å². The van der Waals surface area contributed by atoms with Crippen LogP contribution >= 0.6 is 11.6 Å². The number of urea groups is 1. The van der Waals surface area contributed by atoms with Crippen molar-refractivity contribution in [2.75, 3.05) is 25.1 Å². The van der Waals surface area contributed by atoms with Crippen molar-refractivity contribution >= 4 is 41.2 Å². The average Bonchev–Trinajstić information content (AvgIpc) is 3.29. The number of amides is 4. The number of rotatable bonds is 6. The fourth-order valence-corrected chi connectivity index (χ4v) is 5.68. The number of hydrogen-bond donors (Lipinski definition) is 1. The standard InChI is InChI=1S/C27H28ClFN4O4/c1-16-26(35)33(27(36)30-16)23-12-22(28)24(37-2)11-18(23)5-10-25(34)32-20-8-9-21(32)15-31(14-20)13-17-3-6-19(29)7-4-17/h3-7,10-12,16,20-21H,8-9,13-15H2,1-2H3,(H,30,36)/t16-,20+,21?/m1/s1. The van der Waals surface area contributed by atoms with Crippen LogP contribution in [0.25, 0.3) is 6.08 Å². The minimum absolute atomic E-state index is 0.0855. The van der Waals surface area contributed by atoms with Gasteiger partial charge in [0.1, 0.15) is 17.6 Å². The van der Waals surface area contributed by atoms with Crippen molar-refractivity contribution in [1.82, 2.24) is 15.1 Å². The van der Waals surface area contributed by atoms with Gasteiger partial charge in [-0.25, -0.2) is 14.1 Å². The highest BCUT2D eigenvalue weighted by Gasteiger charge is 2.42. The number of benzene rings is 2. The summed E-state index contributed by atoms with van der Waals surface area (Å²) in [5.41, 5.74) is 1.79. The highest BCUT2D eigenvalue weighted by atomic mass is 35.5. The zero-order valence-electron chi connectivity index (χ0n) is 20.6. The van der Waals surface area contributed by atoms with Crippen LogP contribution in [0.2, 0.25) is 5.02 Å². The van der Waals surface area contributed by atoms with Crippen LogP contribution in [0.1, 0.15) is 30.9 Å². The maximum absolute atomic E-state index is 13.3. The van der Waals surface area contributed by atoms with E-state index in [0.717, 1.165) is 36.4 Å². The van der Waals surface area contributed by atoms with Crippen molar-refractivity contribution in [3.63, 3.8) is 0 Å². The second-order valence-corrected chi connectivity index (χ2v) is 10.1. The molecule has 3 saturated heterocycles. The fraction of sp³-hybridized carbons (Fsp3) is 0.370. The summed E-state index contributed by atoms with van der Waals surface area (Å²) >= 11 is 6.30. The molecule has 5 rings (SSSR count). The van der Waals surface area contributed by atoms with Gasteiger partial charge < -0.3 is 15.0 Å². The Bertz CT molecular complexity index is 1250. The third kappa shape index (κ3) is 4.93. The van der Waals surface area contributed by atoms with Gasteiger partial charge in [0.05, 0.1) is 17.8 Å². The Morgan fingerprint density at radius 3 is 2.43 bits per heavy atom. The van der Waals surface area contributed by atoms with E-state index in [2.05, 4.69) is 10.2 Å². The number of nitrogens with zero attached hydrogens (tertiary/aromatic N) is 3. The molecule has 3 aliphatic heterocycles. The minimum atomic E-state index is -0.659. The molecule has 3 aliphatic rings. The van der Waals surface area contributed by atoms with Gasteiger partial charge in [-0.1, -0.05) is 23.7 Å². The van der Waals surface area contributed by atoms with Crippen LogP contribution in [-0.2, 0) is 16.1 Å². The third-order valence-corrected chi connectivity index (χ3v) is 7.51. The molecule has 1 unspecified atom stereocenters. The lowest BCUT2D eigenvalue weighted by molar-refractivity contribution is -0.131. The first-order valence-electron chi connectivity index (χ1n) is 12.2. The zero-order chi connectivity index (χ0) is 26.3. The van der Waals surface area contributed by atoms with Crippen LogP contribution in [-0.4, -0.2) is 66.0 Å². The molecule has 2 aromatic rings. The van der Waals surface area contributed by atoms with E-state index >= 15 is 0 Å². The molecule has 2 bridgehead atoms. The van der Waals surface area contributed by atoms with Crippen LogP contribution in [0, 0.1) is 5.82 Å². The summed E-state index contributed by atoms with van der Waals surface area (Å²) < 4.78 is 18.6. The van der Waals surface area contributed by atoms with Gasteiger partial charge in [-0.05, 0) is 55.7 Å². The molecule has 194 valence electrons. The smallest absolute Gasteiger partial charge is 0.329 e. The number of anilines is 1. The third-order valence-electron chi connectivity index (χ3n) is 7.21. The molecule has 4 amide bonds. The van der Waals surface area contributed by atoms with E-state index < -0.39 is 18.0 Å². The molecular formula is C27H28ClFN4O4. The molecule has 3 fully saturated rings. The lowest BCUT2D eigenvalue weighted by Crippen LogP contribution is -2.55. The number of methoxy groups -OCH3 is 1. The quantitative estimate of drug-likeness (QED) is 0.457. The number of halogens is 2. The molecule has 3 atom stereocenters. The van der Waals surface area contributed by atoms with E-state index in [-0.39, 0.29) is 34.5 Å². The first-order valence-corrected chi connectivity index (χ1v) is 12.6. The summed E-state index contributed by atoms with van der Waals surface area (Å²) in [5.74, 6) is -0.411. The Kier molecular flexibility index (Phi) is 6.92. The van der Waals surface area contributed by atoms with Crippen molar-refractivity contribution in [2.45, 2.75) is 44.4 Å². The number of nitrogens with one attached hydrogen (secondary N) is 1.